The molecular formula is C20H17BrN2O2S. The lowest BCUT2D eigenvalue weighted by molar-refractivity contribution is 0.0977. The zero-order chi connectivity index (χ0) is 18.5. The Bertz CT molecular complexity index is 975. The zero-order valence-electron chi connectivity index (χ0n) is 14.1. The minimum absolute atomic E-state index is 0.246. The summed E-state index contributed by atoms with van der Waals surface area (Å²) in [5, 5.41) is 8.23. The molecule has 0 saturated heterocycles. The van der Waals surface area contributed by atoms with Gasteiger partial charge in [0.2, 0.25) is 0 Å². The Morgan fingerprint density at radius 1 is 1.08 bits per heavy atom. The second-order valence-corrected chi connectivity index (χ2v) is 6.81. The molecule has 0 aliphatic rings. The van der Waals surface area contributed by atoms with Crippen molar-refractivity contribution < 1.29 is 9.53 Å². The van der Waals surface area contributed by atoms with E-state index in [9.17, 15) is 4.79 Å². The lowest BCUT2D eigenvalue weighted by Gasteiger charge is -2.11. The van der Waals surface area contributed by atoms with E-state index in [4.69, 9.17) is 17.0 Å². The van der Waals surface area contributed by atoms with Gasteiger partial charge in [-0.1, -0.05) is 30.3 Å². The van der Waals surface area contributed by atoms with Crippen molar-refractivity contribution in [2.45, 2.75) is 6.92 Å². The van der Waals surface area contributed by atoms with Crippen molar-refractivity contribution in [2.75, 3.05) is 11.9 Å². The van der Waals surface area contributed by atoms with Crippen molar-refractivity contribution in [2.24, 2.45) is 0 Å². The number of hydrogen-bond donors (Lipinski definition) is 2. The number of ether oxygens (including phenoxy) is 1. The molecule has 3 rings (SSSR count). The van der Waals surface area contributed by atoms with Gasteiger partial charge in [-0.3, -0.25) is 10.1 Å². The zero-order valence-corrected chi connectivity index (χ0v) is 16.5. The molecule has 6 heteroatoms. The number of halogens is 1. The van der Waals surface area contributed by atoms with Gasteiger partial charge >= 0.3 is 0 Å². The molecule has 0 spiro atoms. The third kappa shape index (κ3) is 4.39. The van der Waals surface area contributed by atoms with E-state index in [0.29, 0.717) is 17.9 Å². The number of hydrogen-bond acceptors (Lipinski definition) is 3. The average Bonchev–Trinajstić information content (AvgIpc) is 2.63. The van der Waals surface area contributed by atoms with Gasteiger partial charge < -0.3 is 10.1 Å². The minimum Gasteiger partial charge on any atom is -0.493 e. The highest BCUT2D eigenvalue weighted by Crippen LogP contribution is 2.26. The van der Waals surface area contributed by atoms with Crippen LogP contribution in [-0.2, 0) is 0 Å². The van der Waals surface area contributed by atoms with Gasteiger partial charge in [-0.25, -0.2) is 0 Å². The lowest BCUT2D eigenvalue weighted by Crippen LogP contribution is -2.34. The maximum atomic E-state index is 12.4. The van der Waals surface area contributed by atoms with E-state index >= 15 is 0 Å². The molecule has 3 aromatic carbocycles. The predicted molar refractivity (Wildman–Crippen MR) is 113 cm³/mol. The highest BCUT2D eigenvalue weighted by atomic mass is 79.9. The fourth-order valence-electron chi connectivity index (χ4n) is 2.52. The molecule has 4 nitrogen and oxygen atoms in total. The Labute approximate surface area is 165 Å². The monoisotopic (exact) mass is 428 g/mol. The predicted octanol–water partition coefficient (Wildman–Crippen LogP) is 5.13. The van der Waals surface area contributed by atoms with Crippen LogP contribution in [0.1, 0.15) is 17.3 Å². The summed E-state index contributed by atoms with van der Waals surface area (Å²) in [6, 6.07) is 19.1. The smallest absolute Gasteiger partial charge is 0.257 e. The van der Waals surface area contributed by atoms with Crippen LogP contribution in [0.2, 0.25) is 0 Å². The first-order valence-corrected chi connectivity index (χ1v) is 9.30. The standard InChI is InChI=1S/C20H17BrN2O2S/c1-2-25-18-10-8-15(12-17(18)21)19(24)23-20(26)22-16-9-7-13-5-3-4-6-14(13)11-16/h3-12H,2H2,1H3,(H2,22,23,24,26). The van der Waals surface area contributed by atoms with Crippen molar-refractivity contribution >= 4 is 55.6 Å². The van der Waals surface area contributed by atoms with Gasteiger partial charge in [0.1, 0.15) is 5.75 Å². The van der Waals surface area contributed by atoms with Gasteiger partial charge in [0.15, 0.2) is 5.11 Å². The molecule has 0 saturated carbocycles. The van der Waals surface area contributed by atoms with E-state index in [1.54, 1.807) is 18.2 Å². The number of rotatable bonds is 4. The first-order valence-electron chi connectivity index (χ1n) is 8.10. The van der Waals surface area contributed by atoms with Crippen molar-refractivity contribution in [3.8, 4) is 5.75 Å². The Morgan fingerprint density at radius 2 is 1.85 bits per heavy atom. The van der Waals surface area contributed by atoms with Gasteiger partial charge in [-0.05, 0) is 76.2 Å². The molecule has 132 valence electrons. The molecule has 26 heavy (non-hydrogen) atoms. The van der Waals surface area contributed by atoms with Crippen LogP contribution in [0.3, 0.4) is 0 Å². The van der Waals surface area contributed by atoms with E-state index in [2.05, 4.69) is 26.6 Å². The molecule has 0 fully saturated rings. The van der Waals surface area contributed by atoms with Crippen LogP contribution in [-0.4, -0.2) is 17.6 Å². The van der Waals surface area contributed by atoms with Crippen LogP contribution < -0.4 is 15.4 Å². The van der Waals surface area contributed by atoms with Crippen LogP contribution >= 0.6 is 28.1 Å². The molecular weight excluding hydrogens is 412 g/mol. The highest BCUT2D eigenvalue weighted by Gasteiger charge is 2.11. The minimum atomic E-state index is -0.285. The second kappa shape index (κ2) is 8.29. The van der Waals surface area contributed by atoms with Gasteiger partial charge in [-0.15, -0.1) is 0 Å². The normalized spacial score (nSPS) is 10.4. The lowest BCUT2D eigenvalue weighted by atomic mass is 10.1. The molecule has 2 N–H and O–H groups in total. The van der Waals surface area contributed by atoms with Crippen LogP contribution in [0.4, 0.5) is 5.69 Å². The average molecular weight is 429 g/mol. The maximum Gasteiger partial charge on any atom is 0.257 e. The van der Waals surface area contributed by atoms with E-state index in [0.717, 1.165) is 20.9 Å². The summed E-state index contributed by atoms with van der Waals surface area (Å²) in [6.45, 7) is 2.47. The molecule has 0 aliphatic heterocycles. The first-order chi connectivity index (χ1) is 12.6. The number of fused-ring (bicyclic) bond motifs is 1. The Morgan fingerprint density at radius 3 is 2.58 bits per heavy atom. The number of anilines is 1. The van der Waals surface area contributed by atoms with Crippen molar-refractivity contribution in [1.29, 1.82) is 0 Å². The van der Waals surface area contributed by atoms with Crippen LogP contribution in [0.5, 0.6) is 5.75 Å². The number of amides is 1. The largest absolute Gasteiger partial charge is 0.493 e. The third-order valence-electron chi connectivity index (χ3n) is 3.73. The molecule has 0 heterocycles. The third-order valence-corrected chi connectivity index (χ3v) is 4.55. The summed E-state index contributed by atoms with van der Waals surface area (Å²) in [7, 11) is 0. The van der Waals surface area contributed by atoms with Gasteiger partial charge in [0.05, 0.1) is 11.1 Å². The molecule has 1 amide bonds. The molecule has 0 aromatic heterocycles. The summed E-state index contributed by atoms with van der Waals surface area (Å²) < 4.78 is 6.17. The summed E-state index contributed by atoms with van der Waals surface area (Å²) in [6.07, 6.45) is 0. The van der Waals surface area contributed by atoms with E-state index < -0.39 is 0 Å². The summed E-state index contributed by atoms with van der Waals surface area (Å²) >= 11 is 8.66. The Kier molecular flexibility index (Phi) is 5.85. The molecule has 0 aliphatic carbocycles. The number of carbonyl (C=O) groups is 1. The summed E-state index contributed by atoms with van der Waals surface area (Å²) in [5.41, 5.74) is 1.31. The Balaban J connectivity index is 1.66. The Hall–Kier alpha value is -2.44. The quantitative estimate of drug-likeness (QED) is 0.565. The fourth-order valence-corrected chi connectivity index (χ4v) is 3.22. The molecule has 3 aromatic rings. The number of thiocarbonyl (C=S) groups is 1. The van der Waals surface area contributed by atoms with E-state index in [1.165, 1.54) is 0 Å². The number of carbonyl (C=O) groups excluding carboxylic acids is 1. The molecule has 0 radical (unpaired) electrons. The van der Waals surface area contributed by atoms with Gasteiger partial charge in [-0.2, -0.15) is 0 Å². The molecule has 0 unspecified atom stereocenters. The van der Waals surface area contributed by atoms with Gasteiger partial charge in [0, 0.05) is 11.3 Å². The molecule has 0 bridgehead atoms. The van der Waals surface area contributed by atoms with Crippen molar-refractivity contribution in [3.63, 3.8) is 0 Å². The van der Waals surface area contributed by atoms with Gasteiger partial charge in [0.25, 0.3) is 5.91 Å². The van der Waals surface area contributed by atoms with Crippen molar-refractivity contribution in [1.82, 2.24) is 5.32 Å². The SMILES string of the molecule is CCOc1ccc(C(=O)NC(=S)Nc2ccc3ccccc3c2)cc1Br. The number of nitrogens with one attached hydrogen (secondary N) is 2. The van der Waals surface area contributed by atoms with E-state index in [1.807, 2.05) is 49.4 Å². The van der Waals surface area contributed by atoms with Crippen LogP contribution in [0.15, 0.2) is 65.1 Å². The fraction of sp³-hybridized carbons (Fsp3) is 0.100. The second-order valence-electron chi connectivity index (χ2n) is 5.55. The van der Waals surface area contributed by atoms with Crippen molar-refractivity contribution in [3.05, 3.63) is 70.7 Å². The first kappa shape index (κ1) is 18.4. The van der Waals surface area contributed by atoms with Crippen LogP contribution in [0.25, 0.3) is 10.8 Å². The van der Waals surface area contributed by atoms with E-state index in [-0.39, 0.29) is 11.0 Å². The summed E-state index contributed by atoms with van der Waals surface area (Å²) in [5.74, 6) is 0.410. The highest BCUT2D eigenvalue weighted by molar-refractivity contribution is 9.10. The van der Waals surface area contributed by atoms with Crippen LogP contribution in [0, 0.1) is 0 Å². The topological polar surface area (TPSA) is 50.4 Å². The number of benzene rings is 3. The maximum absolute atomic E-state index is 12.4. The summed E-state index contributed by atoms with van der Waals surface area (Å²) in [4.78, 5) is 12.4. The molecule has 0 atom stereocenters.